The van der Waals surface area contributed by atoms with E-state index in [0.29, 0.717) is 5.69 Å². The summed E-state index contributed by atoms with van der Waals surface area (Å²) >= 11 is 0. The summed E-state index contributed by atoms with van der Waals surface area (Å²) in [7, 11) is 0. The highest BCUT2D eigenvalue weighted by Gasteiger charge is 2.15. The van der Waals surface area contributed by atoms with Gasteiger partial charge in [-0.25, -0.2) is 4.98 Å². The molecule has 0 saturated carbocycles. The number of carbonyl (C=O) groups excluding carboxylic acids is 1. The molecule has 1 aromatic carbocycles. The lowest BCUT2D eigenvalue weighted by molar-refractivity contribution is 0.102. The van der Waals surface area contributed by atoms with Gasteiger partial charge >= 0.3 is 0 Å². The second-order valence-corrected chi connectivity index (χ2v) is 6.36. The van der Waals surface area contributed by atoms with E-state index in [2.05, 4.69) is 22.5 Å². The van der Waals surface area contributed by atoms with Gasteiger partial charge in [0.25, 0.3) is 5.91 Å². The van der Waals surface area contributed by atoms with Gasteiger partial charge in [0.1, 0.15) is 5.69 Å². The lowest BCUT2D eigenvalue weighted by Gasteiger charge is -2.13. The number of rotatable bonds is 6. The van der Waals surface area contributed by atoms with Crippen molar-refractivity contribution < 1.29 is 9.53 Å². The largest absolute Gasteiger partial charge is 0.381 e. The summed E-state index contributed by atoms with van der Waals surface area (Å²) in [6.45, 7) is 5.70. The maximum atomic E-state index is 12.5. The fourth-order valence-corrected chi connectivity index (χ4v) is 3.05. The van der Waals surface area contributed by atoms with Gasteiger partial charge in [-0.3, -0.25) is 4.79 Å². The normalized spacial score (nSPS) is 16.6. The van der Waals surface area contributed by atoms with E-state index in [0.717, 1.165) is 54.9 Å². The van der Waals surface area contributed by atoms with E-state index < -0.39 is 0 Å². The lowest BCUT2D eigenvalue weighted by atomic mass is 10.1. The van der Waals surface area contributed by atoms with Crippen LogP contribution in [0.5, 0.6) is 0 Å². The van der Waals surface area contributed by atoms with Crippen molar-refractivity contribution in [3.8, 4) is 0 Å². The number of nitrogens with zero attached hydrogens (tertiary/aromatic N) is 1. The van der Waals surface area contributed by atoms with Gasteiger partial charge < -0.3 is 15.4 Å². The van der Waals surface area contributed by atoms with E-state index in [4.69, 9.17) is 4.74 Å². The third-order valence-corrected chi connectivity index (χ3v) is 4.53. The first kappa shape index (κ1) is 17.4. The van der Waals surface area contributed by atoms with Crippen molar-refractivity contribution in [2.75, 3.05) is 23.8 Å². The Kier molecular flexibility index (Phi) is 5.66. The Bertz CT molecular complexity index is 722. The van der Waals surface area contributed by atoms with Gasteiger partial charge in [0, 0.05) is 18.8 Å². The Hall–Kier alpha value is -2.40. The highest BCUT2D eigenvalue weighted by Crippen LogP contribution is 2.22. The van der Waals surface area contributed by atoms with Crippen molar-refractivity contribution >= 4 is 17.3 Å². The molecule has 1 amide bonds. The summed E-state index contributed by atoms with van der Waals surface area (Å²) in [5.41, 5.74) is 4.38. The quantitative estimate of drug-likeness (QED) is 0.840. The number of pyridine rings is 1. The molecule has 0 radical (unpaired) electrons. The van der Waals surface area contributed by atoms with Crippen molar-refractivity contribution in [2.24, 2.45) is 0 Å². The first-order valence-corrected chi connectivity index (χ1v) is 8.88. The van der Waals surface area contributed by atoms with Gasteiger partial charge in [0.15, 0.2) is 0 Å². The zero-order valence-electron chi connectivity index (χ0n) is 14.8. The van der Waals surface area contributed by atoms with Crippen LogP contribution in [-0.4, -0.2) is 30.1 Å². The molecular weight excluding hydrogens is 314 g/mol. The molecule has 3 rings (SSSR count). The summed E-state index contributed by atoms with van der Waals surface area (Å²) in [5, 5.41) is 6.31. The number of aromatic nitrogens is 1. The smallest absolute Gasteiger partial charge is 0.274 e. The lowest BCUT2D eigenvalue weighted by Crippen LogP contribution is -2.19. The summed E-state index contributed by atoms with van der Waals surface area (Å²) in [6, 6.07) is 9.68. The van der Waals surface area contributed by atoms with Crippen molar-refractivity contribution in [2.45, 2.75) is 39.2 Å². The minimum Gasteiger partial charge on any atom is -0.381 e. The summed E-state index contributed by atoms with van der Waals surface area (Å²) in [4.78, 5) is 16.8. The Morgan fingerprint density at radius 3 is 2.88 bits per heavy atom. The number of hydrogen-bond donors (Lipinski definition) is 2. The van der Waals surface area contributed by atoms with Crippen molar-refractivity contribution in [3.63, 3.8) is 0 Å². The van der Waals surface area contributed by atoms with Crippen LogP contribution >= 0.6 is 0 Å². The summed E-state index contributed by atoms with van der Waals surface area (Å²) < 4.78 is 5.59. The molecule has 1 saturated heterocycles. The first-order chi connectivity index (χ1) is 12.2. The van der Waals surface area contributed by atoms with Crippen LogP contribution in [0.1, 0.15) is 41.4 Å². The number of anilines is 2. The molecule has 0 aliphatic carbocycles. The molecule has 1 unspecified atom stereocenters. The molecule has 0 bridgehead atoms. The predicted octanol–water partition coefficient (Wildman–Crippen LogP) is 3.80. The van der Waals surface area contributed by atoms with Crippen LogP contribution in [0.2, 0.25) is 0 Å². The van der Waals surface area contributed by atoms with Crippen LogP contribution in [0, 0.1) is 6.92 Å². The third kappa shape index (κ3) is 4.37. The van der Waals surface area contributed by atoms with Crippen molar-refractivity contribution in [1.82, 2.24) is 4.98 Å². The van der Waals surface area contributed by atoms with Crippen LogP contribution in [0.4, 0.5) is 11.4 Å². The third-order valence-electron chi connectivity index (χ3n) is 4.53. The highest BCUT2D eigenvalue weighted by molar-refractivity contribution is 6.03. The molecule has 2 N–H and O–H groups in total. The standard InChI is InChI=1S/C20H25N3O2/c1-3-15-7-4-6-14(2)19(15)23-20(24)18-10-9-16(12-22-18)21-13-17-8-5-11-25-17/h4,6-7,9-10,12,17,21H,3,5,8,11,13H2,1-2H3,(H,23,24). The number of hydrogen-bond acceptors (Lipinski definition) is 4. The van der Waals surface area contributed by atoms with Crippen molar-refractivity contribution in [1.29, 1.82) is 0 Å². The second kappa shape index (κ2) is 8.12. The number of amides is 1. The van der Waals surface area contributed by atoms with E-state index >= 15 is 0 Å². The molecule has 5 heteroatoms. The SMILES string of the molecule is CCc1cccc(C)c1NC(=O)c1ccc(NCC2CCCO2)cn1. The van der Waals surface area contributed by atoms with Gasteiger partial charge in [-0.1, -0.05) is 25.1 Å². The molecule has 5 nitrogen and oxygen atoms in total. The van der Waals surface area contributed by atoms with Gasteiger partial charge in [-0.15, -0.1) is 0 Å². The molecular formula is C20H25N3O2. The van der Waals surface area contributed by atoms with E-state index in [1.165, 1.54) is 0 Å². The van der Waals surface area contributed by atoms with Crippen molar-refractivity contribution in [3.05, 3.63) is 53.3 Å². The number of ether oxygens (including phenoxy) is 1. The maximum absolute atomic E-state index is 12.5. The van der Waals surface area contributed by atoms with E-state index in [1.54, 1.807) is 12.3 Å². The molecule has 1 fully saturated rings. The number of benzene rings is 1. The maximum Gasteiger partial charge on any atom is 0.274 e. The average Bonchev–Trinajstić information content (AvgIpc) is 3.15. The molecule has 25 heavy (non-hydrogen) atoms. The predicted molar refractivity (Wildman–Crippen MR) is 100 cm³/mol. The Morgan fingerprint density at radius 1 is 1.32 bits per heavy atom. The molecule has 0 spiro atoms. The van der Waals surface area contributed by atoms with Gasteiger partial charge in [-0.05, 0) is 49.4 Å². The van der Waals surface area contributed by atoms with E-state index in [-0.39, 0.29) is 12.0 Å². The molecule has 1 aliphatic rings. The molecule has 1 atom stereocenters. The second-order valence-electron chi connectivity index (χ2n) is 6.36. The first-order valence-electron chi connectivity index (χ1n) is 8.88. The van der Waals surface area contributed by atoms with Crippen LogP contribution in [0.3, 0.4) is 0 Å². The van der Waals surface area contributed by atoms with Gasteiger partial charge in [0.2, 0.25) is 0 Å². The molecule has 1 aromatic heterocycles. The number of para-hydroxylation sites is 1. The minimum absolute atomic E-state index is 0.185. The van der Waals surface area contributed by atoms with Crippen LogP contribution in [0.15, 0.2) is 36.5 Å². The molecule has 132 valence electrons. The fraction of sp³-hybridized carbons (Fsp3) is 0.400. The molecule has 1 aliphatic heterocycles. The topological polar surface area (TPSA) is 63.2 Å². The Morgan fingerprint density at radius 2 is 2.20 bits per heavy atom. The molecule has 2 aromatic rings. The Balaban J connectivity index is 1.62. The van der Waals surface area contributed by atoms with Gasteiger partial charge in [-0.2, -0.15) is 0 Å². The fourth-order valence-electron chi connectivity index (χ4n) is 3.05. The van der Waals surface area contributed by atoms with Crippen LogP contribution < -0.4 is 10.6 Å². The number of nitrogens with one attached hydrogen (secondary N) is 2. The summed E-state index contributed by atoms with van der Waals surface area (Å²) in [6.07, 6.45) is 5.06. The van der Waals surface area contributed by atoms with Gasteiger partial charge in [0.05, 0.1) is 18.0 Å². The number of aryl methyl sites for hydroxylation is 2. The average molecular weight is 339 g/mol. The van der Waals surface area contributed by atoms with Crippen LogP contribution in [-0.2, 0) is 11.2 Å². The highest BCUT2D eigenvalue weighted by atomic mass is 16.5. The van der Waals surface area contributed by atoms with E-state index in [1.807, 2.05) is 31.2 Å². The zero-order valence-corrected chi connectivity index (χ0v) is 14.8. The number of carbonyl (C=O) groups is 1. The molecule has 2 heterocycles. The summed E-state index contributed by atoms with van der Waals surface area (Å²) in [5.74, 6) is -0.185. The zero-order chi connectivity index (χ0) is 17.6. The van der Waals surface area contributed by atoms with Crippen LogP contribution in [0.25, 0.3) is 0 Å². The monoisotopic (exact) mass is 339 g/mol. The van der Waals surface area contributed by atoms with E-state index in [9.17, 15) is 4.79 Å². The Labute approximate surface area is 148 Å². The minimum atomic E-state index is -0.185.